The zero-order valence-corrected chi connectivity index (χ0v) is 6.37. The summed E-state index contributed by atoms with van der Waals surface area (Å²) in [6, 6.07) is 5.81. The molecule has 0 amide bonds. The summed E-state index contributed by atoms with van der Waals surface area (Å²) in [6.07, 6.45) is 0.527. The second-order valence-corrected chi connectivity index (χ2v) is 2.78. The molecule has 11 heavy (non-hydrogen) atoms. The average molecular weight is 150 g/mol. The normalized spacial score (nSPS) is 20.4. The van der Waals surface area contributed by atoms with Crippen LogP contribution in [0.3, 0.4) is 0 Å². The molecule has 1 atom stereocenters. The number of hydrogen-bond acceptors (Lipinski definition) is 2. The van der Waals surface area contributed by atoms with Crippen LogP contribution in [0.2, 0.25) is 0 Å². The number of aliphatic hydroxyl groups excluding tert-OH is 1. The Morgan fingerprint density at radius 1 is 1.55 bits per heavy atom. The predicted molar refractivity (Wildman–Crippen MR) is 41.7 cm³/mol. The third-order valence-corrected chi connectivity index (χ3v) is 2.13. The Kier molecular flexibility index (Phi) is 1.36. The van der Waals surface area contributed by atoms with Gasteiger partial charge in [-0.1, -0.05) is 6.07 Å². The van der Waals surface area contributed by atoms with E-state index in [4.69, 9.17) is 4.74 Å². The lowest BCUT2D eigenvalue weighted by Crippen LogP contribution is -2.15. The number of fused-ring (bicyclic) bond motifs is 1. The van der Waals surface area contributed by atoms with E-state index in [1.165, 1.54) is 5.56 Å². The summed E-state index contributed by atoms with van der Waals surface area (Å²) in [5, 5.41) is 9.26. The van der Waals surface area contributed by atoms with Gasteiger partial charge in [0.05, 0.1) is 13.2 Å². The highest BCUT2D eigenvalue weighted by Crippen LogP contribution is 2.35. The van der Waals surface area contributed by atoms with Crippen LogP contribution in [-0.4, -0.2) is 12.2 Å². The molecular formula is C9H10O2. The van der Waals surface area contributed by atoms with Crippen LogP contribution < -0.4 is 4.74 Å². The molecule has 0 bridgehead atoms. The van der Waals surface area contributed by atoms with Crippen LogP contribution in [0.25, 0.3) is 0 Å². The zero-order chi connectivity index (χ0) is 7.84. The third kappa shape index (κ3) is 0.906. The lowest BCUT2D eigenvalue weighted by Gasteiger charge is -2.25. The number of aliphatic hydroxyl groups is 1. The van der Waals surface area contributed by atoms with E-state index < -0.39 is 0 Å². The van der Waals surface area contributed by atoms with Gasteiger partial charge in [-0.05, 0) is 23.3 Å². The van der Waals surface area contributed by atoms with Gasteiger partial charge in [-0.2, -0.15) is 0 Å². The molecule has 1 aliphatic carbocycles. The minimum Gasteiger partial charge on any atom is -0.497 e. The third-order valence-electron chi connectivity index (χ3n) is 2.13. The molecule has 1 aromatic carbocycles. The molecule has 1 aliphatic rings. The maximum Gasteiger partial charge on any atom is 0.119 e. The van der Waals surface area contributed by atoms with Gasteiger partial charge in [0.2, 0.25) is 0 Å². The van der Waals surface area contributed by atoms with Crippen molar-refractivity contribution in [3.63, 3.8) is 0 Å². The van der Waals surface area contributed by atoms with E-state index in [2.05, 4.69) is 0 Å². The molecule has 1 aromatic rings. The topological polar surface area (TPSA) is 29.5 Å². The fraction of sp³-hybridized carbons (Fsp3) is 0.333. The van der Waals surface area contributed by atoms with E-state index in [9.17, 15) is 5.11 Å². The zero-order valence-electron chi connectivity index (χ0n) is 6.37. The highest BCUT2D eigenvalue weighted by atomic mass is 16.5. The first-order chi connectivity index (χ1) is 5.31. The van der Waals surface area contributed by atoms with Crippen molar-refractivity contribution in [1.82, 2.24) is 0 Å². The molecule has 2 rings (SSSR count). The van der Waals surface area contributed by atoms with Crippen molar-refractivity contribution < 1.29 is 9.84 Å². The SMILES string of the molecule is COc1ccc2c(c1)C(O)C2. The molecule has 0 aliphatic heterocycles. The highest BCUT2D eigenvalue weighted by Gasteiger charge is 2.23. The van der Waals surface area contributed by atoms with E-state index in [-0.39, 0.29) is 6.10 Å². The Bertz CT molecular complexity index is 281. The molecule has 0 spiro atoms. The predicted octanol–water partition coefficient (Wildman–Crippen LogP) is 1.28. The summed E-state index contributed by atoms with van der Waals surface area (Å²) in [4.78, 5) is 0. The van der Waals surface area contributed by atoms with Gasteiger partial charge in [0.15, 0.2) is 0 Å². The van der Waals surface area contributed by atoms with Crippen LogP contribution in [0.15, 0.2) is 18.2 Å². The Balaban J connectivity index is 2.40. The molecule has 0 saturated carbocycles. The fourth-order valence-electron chi connectivity index (χ4n) is 1.38. The maximum absolute atomic E-state index is 9.26. The first-order valence-corrected chi connectivity index (χ1v) is 3.66. The molecule has 2 heteroatoms. The van der Waals surface area contributed by atoms with E-state index in [1.54, 1.807) is 7.11 Å². The van der Waals surface area contributed by atoms with Crippen LogP contribution in [0.4, 0.5) is 0 Å². The average Bonchev–Trinajstić information content (AvgIpc) is 2.03. The van der Waals surface area contributed by atoms with Crippen LogP contribution in [-0.2, 0) is 6.42 Å². The van der Waals surface area contributed by atoms with Gasteiger partial charge >= 0.3 is 0 Å². The van der Waals surface area contributed by atoms with Gasteiger partial charge in [-0.15, -0.1) is 0 Å². The molecule has 0 fully saturated rings. The molecule has 58 valence electrons. The van der Waals surface area contributed by atoms with Gasteiger partial charge in [0.1, 0.15) is 5.75 Å². The first-order valence-electron chi connectivity index (χ1n) is 3.66. The van der Waals surface area contributed by atoms with Crippen LogP contribution in [0.5, 0.6) is 5.75 Å². The Hall–Kier alpha value is -1.02. The van der Waals surface area contributed by atoms with E-state index >= 15 is 0 Å². The van der Waals surface area contributed by atoms with Crippen molar-refractivity contribution in [2.75, 3.05) is 7.11 Å². The largest absolute Gasteiger partial charge is 0.497 e. The number of ether oxygens (including phenoxy) is 1. The van der Waals surface area contributed by atoms with Crippen molar-refractivity contribution in [3.05, 3.63) is 29.3 Å². The summed E-state index contributed by atoms with van der Waals surface area (Å²) in [6.45, 7) is 0. The summed E-state index contributed by atoms with van der Waals surface area (Å²) < 4.78 is 5.02. The molecule has 0 radical (unpaired) electrons. The van der Waals surface area contributed by atoms with Gasteiger partial charge in [0.25, 0.3) is 0 Å². The molecule has 0 saturated heterocycles. The molecule has 0 heterocycles. The van der Waals surface area contributed by atoms with Crippen molar-refractivity contribution >= 4 is 0 Å². The molecule has 1 unspecified atom stereocenters. The van der Waals surface area contributed by atoms with Gasteiger partial charge in [0, 0.05) is 6.42 Å². The molecule has 1 N–H and O–H groups in total. The van der Waals surface area contributed by atoms with Gasteiger partial charge < -0.3 is 9.84 Å². The number of hydrogen-bond donors (Lipinski definition) is 1. The van der Waals surface area contributed by atoms with E-state index in [0.717, 1.165) is 17.7 Å². The van der Waals surface area contributed by atoms with Crippen LogP contribution >= 0.6 is 0 Å². The molecular weight excluding hydrogens is 140 g/mol. The summed E-state index contributed by atoms with van der Waals surface area (Å²) in [5.74, 6) is 0.822. The van der Waals surface area contributed by atoms with Crippen molar-refractivity contribution in [2.24, 2.45) is 0 Å². The minimum atomic E-state index is -0.264. The van der Waals surface area contributed by atoms with Crippen LogP contribution in [0, 0.1) is 0 Å². The van der Waals surface area contributed by atoms with Crippen molar-refractivity contribution in [1.29, 1.82) is 0 Å². The smallest absolute Gasteiger partial charge is 0.119 e. The fourth-order valence-corrected chi connectivity index (χ4v) is 1.38. The second-order valence-electron chi connectivity index (χ2n) is 2.78. The standard InChI is InChI=1S/C9H10O2/c1-11-7-3-2-6-4-9(10)8(6)5-7/h2-3,5,9-10H,4H2,1H3. The lowest BCUT2D eigenvalue weighted by molar-refractivity contribution is 0.153. The number of methoxy groups -OCH3 is 1. The molecule has 2 nitrogen and oxygen atoms in total. The summed E-state index contributed by atoms with van der Waals surface area (Å²) >= 11 is 0. The summed E-state index contributed by atoms with van der Waals surface area (Å²) in [7, 11) is 1.63. The quantitative estimate of drug-likeness (QED) is 0.653. The van der Waals surface area contributed by atoms with Crippen LogP contribution in [0.1, 0.15) is 17.2 Å². The number of benzene rings is 1. The van der Waals surface area contributed by atoms with Crippen molar-refractivity contribution in [3.8, 4) is 5.75 Å². The van der Waals surface area contributed by atoms with E-state index in [0.29, 0.717) is 0 Å². The number of rotatable bonds is 1. The van der Waals surface area contributed by atoms with E-state index in [1.807, 2.05) is 18.2 Å². The first kappa shape index (κ1) is 6.68. The second kappa shape index (κ2) is 2.24. The van der Waals surface area contributed by atoms with Crippen molar-refractivity contribution in [2.45, 2.75) is 12.5 Å². The maximum atomic E-state index is 9.26. The summed E-state index contributed by atoms with van der Waals surface area (Å²) in [5.41, 5.74) is 2.25. The van der Waals surface area contributed by atoms with Gasteiger partial charge in [-0.3, -0.25) is 0 Å². The minimum absolute atomic E-state index is 0.264. The molecule has 0 aromatic heterocycles. The monoisotopic (exact) mass is 150 g/mol. The lowest BCUT2D eigenvalue weighted by atomic mass is 9.85. The Morgan fingerprint density at radius 3 is 3.00 bits per heavy atom. The Morgan fingerprint density at radius 2 is 2.36 bits per heavy atom. The highest BCUT2D eigenvalue weighted by molar-refractivity contribution is 5.43. The Labute approximate surface area is 65.4 Å². The van der Waals surface area contributed by atoms with Gasteiger partial charge in [-0.25, -0.2) is 0 Å².